The first kappa shape index (κ1) is 18.8. The molecule has 0 unspecified atom stereocenters. The lowest BCUT2D eigenvalue weighted by molar-refractivity contribution is 0.102. The molecule has 0 bridgehead atoms. The van der Waals surface area contributed by atoms with Crippen molar-refractivity contribution >= 4 is 27.9 Å². The summed E-state index contributed by atoms with van der Waals surface area (Å²) in [5.41, 5.74) is 2.21. The van der Waals surface area contributed by atoms with Gasteiger partial charge < -0.3 is 10.1 Å². The van der Waals surface area contributed by atoms with Crippen LogP contribution in [0.3, 0.4) is 0 Å². The van der Waals surface area contributed by atoms with Crippen molar-refractivity contribution in [1.29, 1.82) is 0 Å². The van der Waals surface area contributed by atoms with Gasteiger partial charge in [-0.1, -0.05) is 0 Å². The minimum absolute atomic E-state index is 0.133. The van der Waals surface area contributed by atoms with E-state index in [2.05, 4.69) is 10.3 Å². The summed E-state index contributed by atoms with van der Waals surface area (Å²) in [5.74, 6) is -0.148. The van der Waals surface area contributed by atoms with E-state index in [0.717, 1.165) is 5.69 Å². The lowest BCUT2D eigenvalue weighted by atomic mass is 10.2. The van der Waals surface area contributed by atoms with Crippen LogP contribution in [0.4, 0.5) is 10.1 Å². The number of nitrogens with zero attached hydrogens (tertiary/aromatic N) is 2. The van der Waals surface area contributed by atoms with Crippen molar-refractivity contribution in [2.75, 3.05) is 5.32 Å². The summed E-state index contributed by atoms with van der Waals surface area (Å²) in [7, 11) is 0. The molecule has 0 saturated carbocycles. The molecule has 6 nitrogen and oxygen atoms in total. The number of anilines is 1. The van der Waals surface area contributed by atoms with Crippen molar-refractivity contribution in [1.82, 2.24) is 9.38 Å². The molecule has 1 amide bonds. The van der Waals surface area contributed by atoms with Crippen molar-refractivity contribution in [3.05, 3.63) is 93.1 Å². The molecule has 2 heterocycles. The number of ether oxygens (including phenoxy) is 1. The highest BCUT2D eigenvalue weighted by Gasteiger charge is 2.08. The summed E-state index contributed by atoms with van der Waals surface area (Å²) in [6, 6.07) is 13.6. The summed E-state index contributed by atoms with van der Waals surface area (Å²) >= 11 is 1.41. The summed E-state index contributed by atoms with van der Waals surface area (Å²) < 4.78 is 20.2. The molecule has 1 N–H and O–H groups in total. The minimum Gasteiger partial charge on any atom is -0.487 e. The SMILES string of the molecule is Cc1csc2nc(COc3ccc(NC(=O)c4ccc(F)cc4)cc3)cc(=O)n12. The van der Waals surface area contributed by atoms with Crippen LogP contribution in [0.1, 0.15) is 21.7 Å². The molecule has 2 aromatic carbocycles. The molecule has 0 aliphatic rings. The Kier molecular flexibility index (Phi) is 5.09. The number of fused-ring (bicyclic) bond motifs is 1. The molecule has 4 rings (SSSR count). The van der Waals surface area contributed by atoms with Crippen LogP contribution in [0.5, 0.6) is 5.75 Å². The number of aryl methyl sites for hydroxylation is 1. The molecule has 0 atom stereocenters. The maximum absolute atomic E-state index is 12.9. The van der Waals surface area contributed by atoms with Gasteiger partial charge in [-0.25, -0.2) is 9.37 Å². The highest BCUT2D eigenvalue weighted by atomic mass is 32.1. The van der Waals surface area contributed by atoms with Gasteiger partial charge in [0.1, 0.15) is 18.2 Å². The van der Waals surface area contributed by atoms with Gasteiger partial charge >= 0.3 is 0 Å². The summed E-state index contributed by atoms with van der Waals surface area (Å²) in [4.78, 5) is 29.4. The Labute approximate surface area is 169 Å². The van der Waals surface area contributed by atoms with Crippen LogP contribution in [0.2, 0.25) is 0 Å². The van der Waals surface area contributed by atoms with Crippen LogP contribution in [0.25, 0.3) is 4.96 Å². The van der Waals surface area contributed by atoms with Crippen LogP contribution in [-0.2, 0) is 6.61 Å². The molecule has 0 radical (unpaired) electrons. The number of halogens is 1. The standard InChI is InChI=1S/C21H16FN3O3S/c1-13-12-29-21-24-17(10-19(26)25(13)21)11-28-18-8-6-16(7-9-18)23-20(27)14-2-4-15(22)5-3-14/h2-10,12H,11H2,1H3,(H,23,27). The van der Waals surface area contributed by atoms with Crippen LogP contribution >= 0.6 is 11.3 Å². The topological polar surface area (TPSA) is 72.7 Å². The third kappa shape index (κ3) is 4.17. The van der Waals surface area contributed by atoms with Crippen molar-refractivity contribution in [3.63, 3.8) is 0 Å². The summed E-state index contributed by atoms with van der Waals surface area (Å²) in [6.45, 7) is 2.02. The summed E-state index contributed by atoms with van der Waals surface area (Å²) in [5, 5.41) is 4.62. The van der Waals surface area contributed by atoms with Gasteiger partial charge in [0.15, 0.2) is 4.96 Å². The highest BCUT2D eigenvalue weighted by molar-refractivity contribution is 7.15. The molecule has 8 heteroatoms. The third-order valence-corrected chi connectivity index (χ3v) is 5.18. The molecule has 0 saturated heterocycles. The van der Waals surface area contributed by atoms with Crippen molar-refractivity contribution < 1.29 is 13.9 Å². The zero-order valence-corrected chi connectivity index (χ0v) is 16.2. The Morgan fingerprint density at radius 3 is 2.62 bits per heavy atom. The summed E-state index contributed by atoms with van der Waals surface area (Å²) in [6.07, 6.45) is 0. The van der Waals surface area contributed by atoms with Gasteiger partial charge in [-0.05, 0) is 55.5 Å². The Morgan fingerprint density at radius 2 is 1.90 bits per heavy atom. The second-order valence-corrected chi connectivity index (χ2v) is 7.19. The Hall–Kier alpha value is -3.52. The Balaban J connectivity index is 1.40. The van der Waals surface area contributed by atoms with Crippen molar-refractivity contribution in [3.8, 4) is 5.75 Å². The zero-order valence-electron chi connectivity index (χ0n) is 15.4. The van der Waals surface area contributed by atoms with Gasteiger partial charge in [-0.15, -0.1) is 11.3 Å². The molecule has 0 aliphatic heterocycles. The lowest BCUT2D eigenvalue weighted by Crippen LogP contribution is -2.16. The van der Waals surface area contributed by atoms with E-state index in [1.807, 2.05) is 12.3 Å². The van der Waals surface area contributed by atoms with E-state index >= 15 is 0 Å². The predicted molar refractivity (Wildman–Crippen MR) is 109 cm³/mol. The quantitative estimate of drug-likeness (QED) is 0.540. The minimum atomic E-state index is -0.395. The molecular weight excluding hydrogens is 393 g/mol. The van der Waals surface area contributed by atoms with E-state index in [9.17, 15) is 14.0 Å². The molecule has 4 aromatic rings. The fraction of sp³-hybridized carbons (Fsp3) is 0.0952. The number of rotatable bonds is 5. The van der Waals surface area contributed by atoms with Gasteiger partial charge in [-0.3, -0.25) is 14.0 Å². The first-order valence-corrected chi connectivity index (χ1v) is 9.64. The number of thiazole rings is 1. The number of nitrogens with one attached hydrogen (secondary N) is 1. The number of benzene rings is 2. The molecule has 146 valence electrons. The van der Waals surface area contributed by atoms with Crippen molar-refractivity contribution in [2.45, 2.75) is 13.5 Å². The highest BCUT2D eigenvalue weighted by Crippen LogP contribution is 2.18. The Bertz CT molecular complexity index is 1230. The number of aromatic nitrogens is 2. The van der Waals surface area contributed by atoms with Crippen LogP contribution in [-0.4, -0.2) is 15.3 Å². The van der Waals surface area contributed by atoms with Crippen LogP contribution in [0.15, 0.2) is 64.8 Å². The molecular formula is C21H16FN3O3S. The zero-order chi connectivity index (χ0) is 20.4. The fourth-order valence-electron chi connectivity index (χ4n) is 2.77. The molecule has 0 fully saturated rings. The monoisotopic (exact) mass is 409 g/mol. The Morgan fingerprint density at radius 1 is 1.17 bits per heavy atom. The first-order chi connectivity index (χ1) is 14.0. The average Bonchev–Trinajstić information content (AvgIpc) is 3.09. The second kappa shape index (κ2) is 7.84. The lowest BCUT2D eigenvalue weighted by Gasteiger charge is -2.08. The van der Waals surface area contributed by atoms with E-state index in [1.165, 1.54) is 41.7 Å². The van der Waals surface area contributed by atoms with E-state index < -0.39 is 5.82 Å². The van der Waals surface area contributed by atoms with E-state index in [0.29, 0.717) is 27.7 Å². The van der Waals surface area contributed by atoms with Gasteiger partial charge in [0.25, 0.3) is 11.5 Å². The van der Waals surface area contributed by atoms with E-state index in [-0.39, 0.29) is 18.1 Å². The van der Waals surface area contributed by atoms with E-state index in [4.69, 9.17) is 4.74 Å². The van der Waals surface area contributed by atoms with Crippen LogP contribution in [0, 0.1) is 12.7 Å². The first-order valence-electron chi connectivity index (χ1n) is 8.76. The van der Waals surface area contributed by atoms with Gasteiger partial charge in [0.2, 0.25) is 0 Å². The van der Waals surface area contributed by atoms with Gasteiger partial charge in [-0.2, -0.15) is 0 Å². The number of hydrogen-bond donors (Lipinski definition) is 1. The number of hydrogen-bond acceptors (Lipinski definition) is 5. The van der Waals surface area contributed by atoms with Crippen LogP contribution < -0.4 is 15.6 Å². The number of carbonyl (C=O) groups excluding carboxylic acids is 1. The van der Waals surface area contributed by atoms with E-state index in [1.54, 1.807) is 28.7 Å². The second-order valence-electron chi connectivity index (χ2n) is 6.35. The molecule has 0 aliphatic carbocycles. The predicted octanol–water partition coefficient (Wildman–Crippen LogP) is 4.03. The molecule has 2 aromatic heterocycles. The van der Waals surface area contributed by atoms with Gasteiger partial charge in [0, 0.05) is 28.4 Å². The number of carbonyl (C=O) groups is 1. The third-order valence-electron chi connectivity index (χ3n) is 4.23. The number of amides is 1. The van der Waals surface area contributed by atoms with Crippen molar-refractivity contribution in [2.24, 2.45) is 0 Å². The largest absolute Gasteiger partial charge is 0.487 e. The average molecular weight is 409 g/mol. The fourth-order valence-corrected chi connectivity index (χ4v) is 3.66. The molecule has 29 heavy (non-hydrogen) atoms. The smallest absolute Gasteiger partial charge is 0.259 e. The maximum Gasteiger partial charge on any atom is 0.259 e. The normalized spacial score (nSPS) is 10.8. The maximum atomic E-state index is 12.9. The van der Waals surface area contributed by atoms with Gasteiger partial charge in [0.05, 0.1) is 5.69 Å². The molecule has 0 spiro atoms.